The molecule has 0 spiro atoms. The first-order valence-electron chi connectivity index (χ1n) is 8.05. The minimum atomic E-state index is -0.645. The van der Waals surface area contributed by atoms with E-state index in [4.69, 9.17) is 0 Å². The summed E-state index contributed by atoms with van der Waals surface area (Å²) in [5.74, 6) is 0. The van der Waals surface area contributed by atoms with Crippen molar-refractivity contribution >= 4 is 0 Å². The van der Waals surface area contributed by atoms with Gasteiger partial charge in [-0.1, -0.05) is 50.1 Å². The van der Waals surface area contributed by atoms with Crippen LogP contribution in [-0.4, -0.2) is 30.2 Å². The first kappa shape index (κ1) is 17.2. The highest BCUT2D eigenvalue weighted by molar-refractivity contribution is 5.23. The number of hydrogen-bond donors (Lipinski definition) is 0. The maximum atomic E-state index is 14.2. The summed E-state index contributed by atoms with van der Waals surface area (Å²) in [7, 11) is 0. The summed E-state index contributed by atoms with van der Waals surface area (Å²) in [6, 6.07) is 0.119. The summed E-state index contributed by atoms with van der Waals surface area (Å²) in [6.07, 6.45) is 14.8. The molecule has 20 heavy (non-hydrogen) atoms. The summed E-state index contributed by atoms with van der Waals surface area (Å²) in [4.78, 5) is 2.35. The molecule has 0 amide bonds. The Hall–Kier alpha value is -0.890. The van der Waals surface area contributed by atoms with Crippen LogP contribution in [0.25, 0.3) is 0 Å². The summed E-state index contributed by atoms with van der Waals surface area (Å²) >= 11 is 0. The second kappa shape index (κ2) is 9.93. The molecule has 114 valence electrons. The van der Waals surface area contributed by atoms with Crippen LogP contribution in [0.15, 0.2) is 36.0 Å². The highest BCUT2D eigenvalue weighted by atomic mass is 19.1. The van der Waals surface area contributed by atoms with Crippen molar-refractivity contribution in [2.45, 2.75) is 65.1 Å². The fraction of sp³-hybridized carbons (Fsp3) is 0.667. The van der Waals surface area contributed by atoms with Crippen molar-refractivity contribution in [1.82, 2.24) is 4.90 Å². The maximum Gasteiger partial charge on any atom is 0.116 e. The lowest BCUT2D eigenvalue weighted by atomic mass is 9.92. The van der Waals surface area contributed by atoms with Gasteiger partial charge in [-0.3, -0.25) is 4.90 Å². The number of allylic oxidation sites excluding steroid dienone is 4. The van der Waals surface area contributed by atoms with Crippen LogP contribution in [0.4, 0.5) is 4.39 Å². The van der Waals surface area contributed by atoms with Gasteiger partial charge in [0.2, 0.25) is 0 Å². The molecule has 1 nitrogen and oxygen atoms in total. The van der Waals surface area contributed by atoms with E-state index in [0.717, 1.165) is 38.8 Å². The van der Waals surface area contributed by atoms with Gasteiger partial charge in [-0.25, -0.2) is 4.39 Å². The lowest BCUT2D eigenvalue weighted by Gasteiger charge is -2.36. The van der Waals surface area contributed by atoms with E-state index in [1.54, 1.807) is 0 Å². The van der Waals surface area contributed by atoms with Crippen molar-refractivity contribution in [2.24, 2.45) is 0 Å². The van der Waals surface area contributed by atoms with Gasteiger partial charge in [0.05, 0.1) is 0 Å². The summed E-state index contributed by atoms with van der Waals surface area (Å²) in [6.45, 7) is 8.10. The first-order valence-corrected chi connectivity index (χ1v) is 8.05. The van der Waals surface area contributed by atoms with Crippen molar-refractivity contribution < 1.29 is 4.39 Å². The van der Waals surface area contributed by atoms with E-state index in [1.807, 2.05) is 19.1 Å². The second-order valence-electron chi connectivity index (χ2n) is 5.59. The van der Waals surface area contributed by atoms with E-state index in [9.17, 15) is 4.39 Å². The lowest BCUT2D eigenvalue weighted by Crippen LogP contribution is -2.44. The highest BCUT2D eigenvalue weighted by Gasteiger charge is 2.29. The Kier molecular flexibility index (Phi) is 8.52. The average Bonchev–Trinajstić information content (AvgIpc) is 2.46. The van der Waals surface area contributed by atoms with Crippen LogP contribution in [0.3, 0.4) is 0 Å². The molecule has 1 saturated carbocycles. The molecule has 0 aromatic heterocycles. The molecule has 2 heteroatoms. The number of hydrogen-bond acceptors (Lipinski definition) is 1. The van der Waals surface area contributed by atoms with Crippen molar-refractivity contribution in [1.29, 1.82) is 0 Å². The van der Waals surface area contributed by atoms with Gasteiger partial charge >= 0.3 is 0 Å². The minimum absolute atomic E-state index is 0.119. The molecular weight excluding hydrogens is 249 g/mol. The van der Waals surface area contributed by atoms with Crippen LogP contribution in [0, 0.1) is 0 Å². The third-order valence-corrected chi connectivity index (χ3v) is 4.00. The van der Waals surface area contributed by atoms with Crippen LogP contribution >= 0.6 is 0 Å². The van der Waals surface area contributed by atoms with E-state index in [1.165, 1.54) is 12.0 Å². The zero-order valence-corrected chi connectivity index (χ0v) is 13.3. The molecule has 0 heterocycles. The Morgan fingerprint density at radius 2 is 1.95 bits per heavy atom. The van der Waals surface area contributed by atoms with Gasteiger partial charge in [-0.05, 0) is 45.2 Å². The fourth-order valence-corrected chi connectivity index (χ4v) is 2.89. The molecule has 1 aliphatic rings. The SMILES string of the molecule is C\C=C/C=C\C(=C/C)CN(CCC)C1CCCCC1F. The minimum Gasteiger partial charge on any atom is -0.293 e. The smallest absolute Gasteiger partial charge is 0.116 e. The molecule has 2 unspecified atom stereocenters. The van der Waals surface area contributed by atoms with Gasteiger partial charge in [0.25, 0.3) is 0 Å². The Balaban J connectivity index is 2.69. The molecule has 0 aromatic rings. The number of nitrogens with zero attached hydrogens (tertiary/aromatic N) is 1. The number of alkyl halides is 1. The predicted molar refractivity (Wildman–Crippen MR) is 86.7 cm³/mol. The predicted octanol–water partition coefficient (Wildman–Crippen LogP) is 5.06. The van der Waals surface area contributed by atoms with Gasteiger partial charge in [-0.15, -0.1) is 0 Å². The topological polar surface area (TPSA) is 3.24 Å². The molecule has 0 aliphatic heterocycles. The van der Waals surface area contributed by atoms with E-state index in [2.05, 4.69) is 37.0 Å². The second-order valence-corrected chi connectivity index (χ2v) is 5.59. The van der Waals surface area contributed by atoms with Gasteiger partial charge in [0.1, 0.15) is 6.17 Å². The van der Waals surface area contributed by atoms with E-state index in [-0.39, 0.29) is 6.04 Å². The summed E-state index contributed by atoms with van der Waals surface area (Å²) < 4.78 is 14.2. The van der Waals surface area contributed by atoms with Crippen LogP contribution in [0.5, 0.6) is 0 Å². The average molecular weight is 279 g/mol. The molecule has 0 aromatic carbocycles. The molecule has 0 bridgehead atoms. The monoisotopic (exact) mass is 279 g/mol. The molecule has 0 N–H and O–H groups in total. The lowest BCUT2D eigenvalue weighted by molar-refractivity contribution is 0.0831. The van der Waals surface area contributed by atoms with Crippen molar-refractivity contribution in [2.75, 3.05) is 13.1 Å². The maximum absolute atomic E-state index is 14.2. The normalized spacial score (nSPS) is 25.1. The number of rotatable bonds is 7. The van der Waals surface area contributed by atoms with Crippen LogP contribution in [0.2, 0.25) is 0 Å². The zero-order valence-electron chi connectivity index (χ0n) is 13.3. The van der Waals surface area contributed by atoms with Gasteiger partial charge in [-0.2, -0.15) is 0 Å². The Morgan fingerprint density at radius 1 is 1.20 bits per heavy atom. The van der Waals surface area contributed by atoms with Gasteiger partial charge < -0.3 is 0 Å². The quantitative estimate of drug-likeness (QED) is 0.589. The first-order chi connectivity index (χ1) is 9.72. The molecular formula is C18H30FN. The summed E-state index contributed by atoms with van der Waals surface area (Å²) in [5.41, 5.74) is 1.27. The molecule has 0 radical (unpaired) electrons. The third-order valence-electron chi connectivity index (χ3n) is 4.00. The molecule has 1 rings (SSSR count). The Morgan fingerprint density at radius 3 is 2.55 bits per heavy atom. The van der Waals surface area contributed by atoms with E-state index in [0.29, 0.717) is 0 Å². The van der Waals surface area contributed by atoms with Crippen LogP contribution < -0.4 is 0 Å². The third kappa shape index (κ3) is 5.62. The van der Waals surface area contributed by atoms with Crippen molar-refractivity contribution in [3.05, 3.63) is 36.0 Å². The van der Waals surface area contributed by atoms with Crippen LogP contribution in [-0.2, 0) is 0 Å². The summed E-state index contributed by atoms with van der Waals surface area (Å²) in [5, 5.41) is 0. The zero-order chi connectivity index (χ0) is 14.8. The highest BCUT2D eigenvalue weighted by Crippen LogP contribution is 2.26. The molecule has 1 fully saturated rings. The van der Waals surface area contributed by atoms with E-state index < -0.39 is 6.17 Å². The largest absolute Gasteiger partial charge is 0.293 e. The van der Waals surface area contributed by atoms with Crippen molar-refractivity contribution in [3.8, 4) is 0 Å². The van der Waals surface area contributed by atoms with Crippen molar-refractivity contribution in [3.63, 3.8) is 0 Å². The van der Waals surface area contributed by atoms with Gasteiger partial charge in [0, 0.05) is 12.6 Å². The van der Waals surface area contributed by atoms with Crippen LogP contribution in [0.1, 0.15) is 52.9 Å². The van der Waals surface area contributed by atoms with E-state index >= 15 is 0 Å². The Labute approximate surface area is 124 Å². The molecule has 2 atom stereocenters. The molecule has 1 aliphatic carbocycles. The Bertz CT molecular complexity index is 343. The fourth-order valence-electron chi connectivity index (χ4n) is 2.89. The number of halogens is 1. The molecule has 0 saturated heterocycles. The van der Waals surface area contributed by atoms with Gasteiger partial charge in [0.15, 0.2) is 0 Å². The standard InChI is InChI=1S/C18H30FN/c1-4-7-8-11-16(6-3)15-20(14-5-2)18-13-10-9-12-17(18)19/h4,6-8,11,17-18H,5,9-10,12-15H2,1-3H3/b7-4-,11-8-,16-6+.